The Morgan fingerprint density at radius 1 is 1.60 bits per heavy atom. The fourth-order valence-electron chi connectivity index (χ4n) is 0.991. The van der Waals surface area contributed by atoms with E-state index in [-0.39, 0.29) is 11.7 Å². The lowest BCUT2D eigenvalue weighted by molar-refractivity contribution is 0.317. The lowest BCUT2D eigenvalue weighted by atomic mass is 10.3. The van der Waals surface area contributed by atoms with Gasteiger partial charge < -0.3 is 16.3 Å². The number of hydrogen-bond acceptors (Lipinski definition) is 3. The molecule has 0 spiro atoms. The highest BCUT2D eigenvalue weighted by atomic mass is 79.9. The van der Waals surface area contributed by atoms with Crippen molar-refractivity contribution in [2.75, 3.05) is 11.9 Å². The van der Waals surface area contributed by atoms with Crippen molar-refractivity contribution in [1.29, 1.82) is 0 Å². The van der Waals surface area contributed by atoms with Crippen molar-refractivity contribution in [3.8, 4) is 0 Å². The molecule has 0 aromatic heterocycles. The van der Waals surface area contributed by atoms with Gasteiger partial charge in [0.1, 0.15) is 11.7 Å². The molecule has 0 fully saturated rings. The Kier molecular flexibility index (Phi) is 4.36. The van der Waals surface area contributed by atoms with E-state index in [0.29, 0.717) is 17.4 Å². The largest absolute Gasteiger partial charge is 0.409 e. The molecule has 1 rings (SSSR count). The van der Waals surface area contributed by atoms with Crippen LogP contribution in [0, 0.1) is 5.82 Å². The first kappa shape index (κ1) is 11.8. The third-order valence-electron chi connectivity index (χ3n) is 1.76. The fourth-order valence-corrected chi connectivity index (χ4v) is 1.37. The summed E-state index contributed by atoms with van der Waals surface area (Å²) in [6, 6.07) is 4.60. The molecule has 0 heterocycles. The zero-order valence-corrected chi connectivity index (χ0v) is 9.46. The molecule has 0 amide bonds. The highest BCUT2D eigenvalue weighted by molar-refractivity contribution is 9.10. The van der Waals surface area contributed by atoms with Crippen molar-refractivity contribution in [3.63, 3.8) is 0 Å². The highest BCUT2D eigenvalue weighted by Crippen LogP contribution is 2.19. The lowest BCUT2D eigenvalue weighted by Crippen LogP contribution is -2.16. The second kappa shape index (κ2) is 5.55. The fraction of sp³-hybridized carbons (Fsp3) is 0.222. The van der Waals surface area contributed by atoms with Crippen molar-refractivity contribution in [2.45, 2.75) is 6.42 Å². The van der Waals surface area contributed by atoms with Gasteiger partial charge in [0.05, 0.1) is 4.47 Å². The van der Waals surface area contributed by atoms with Gasteiger partial charge >= 0.3 is 0 Å². The van der Waals surface area contributed by atoms with E-state index in [1.807, 2.05) is 0 Å². The quantitative estimate of drug-likeness (QED) is 0.341. The molecule has 0 aliphatic heterocycles. The number of nitrogens with zero attached hydrogens (tertiary/aromatic N) is 1. The predicted octanol–water partition coefficient (Wildman–Crippen LogP) is 2.14. The van der Waals surface area contributed by atoms with Crippen LogP contribution in [0.3, 0.4) is 0 Å². The van der Waals surface area contributed by atoms with Crippen LogP contribution in [0.5, 0.6) is 0 Å². The standard InChI is InChI=1S/C9H11BrFN3O/c10-7-5-6(1-2-8(7)11)13-4-3-9(12)14-15/h1-2,5,13,15H,3-4H2,(H2,12,14). The third kappa shape index (κ3) is 3.75. The number of hydrogen-bond donors (Lipinski definition) is 3. The van der Waals surface area contributed by atoms with Gasteiger partial charge in [-0.15, -0.1) is 0 Å². The average molecular weight is 276 g/mol. The minimum absolute atomic E-state index is 0.156. The summed E-state index contributed by atoms with van der Waals surface area (Å²) in [5, 5.41) is 14.1. The third-order valence-corrected chi connectivity index (χ3v) is 2.37. The lowest BCUT2D eigenvalue weighted by Gasteiger charge is -2.06. The van der Waals surface area contributed by atoms with E-state index in [1.54, 1.807) is 12.1 Å². The molecule has 0 aliphatic rings. The Balaban J connectivity index is 2.48. The molecule has 0 radical (unpaired) electrons. The van der Waals surface area contributed by atoms with E-state index in [2.05, 4.69) is 26.4 Å². The van der Waals surface area contributed by atoms with Gasteiger partial charge in [0.2, 0.25) is 0 Å². The van der Waals surface area contributed by atoms with E-state index < -0.39 is 0 Å². The summed E-state index contributed by atoms with van der Waals surface area (Å²) in [4.78, 5) is 0. The number of amidine groups is 1. The van der Waals surface area contributed by atoms with Crippen LogP contribution in [0.2, 0.25) is 0 Å². The first-order valence-corrected chi connectivity index (χ1v) is 5.08. The van der Waals surface area contributed by atoms with Crippen molar-refractivity contribution in [2.24, 2.45) is 10.9 Å². The van der Waals surface area contributed by atoms with Gasteiger partial charge in [-0.3, -0.25) is 0 Å². The van der Waals surface area contributed by atoms with Crippen molar-refractivity contribution >= 4 is 27.5 Å². The monoisotopic (exact) mass is 275 g/mol. The van der Waals surface area contributed by atoms with Crippen LogP contribution in [0.4, 0.5) is 10.1 Å². The Labute approximate surface area is 95.1 Å². The minimum atomic E-state index is -0.308. The van der Waals surface area contributed by atoms with Gasteiger partial charge in [0.25, 0.3) is 0 Å². The molecule has 6 heteroatoms. The molecule has 1 aromatic rings. The first-order chi connectivity index (χ1) is 7.13. The molecule has 0 saturated carbocycles. The summed E-state index contributed by atoms with van der Waals surface area (Å²) in [5.41, 5.74) is 6.05. The number of anilines is 1. The molecular formula is C9H11BrFN3O. The van der Waals surface area contributed by atoms with E-state index in [4.69, 9.17) is 10.9 Å². The van der Waals surface area contributed by atoms with Crippen LogP contribution in [0.15, 0.2) is 27.8 Å². The molecule has 4 N–H and O–H groups in total. The van der Waals surface area contributed by atoms with Crippen LogP contribution < -0.4 is 11.1 Å². The maximum Gasteiger partial charge on any atom is 0.140 e. The summed E-state index contributed by atoms with van der Waals surface area (Å²) in [7, 11) is 0. The zero-order chi connectivity index (χ0) is 11.3. The molecule has 0 aliphatic carbocycles. The average Bonchev–Trinajstić information content (AvgIpc) is 2.23. The number of rotatable bonds is 4. The molecular weight excluding hydrogens is 265 g/mol. The summed E-state index contributed by atoms with van der Waals surface area (Å²) >= 11 is 3.08. The number of nitrogens with two attached hydrogens (primary N) is 1. The second-order valence-corrected chi connectivity index (χ2v) is 3.75. The second-order valence-electron chi connectivity index (χ2n) is 2.90. The molecule has 1 aromatic carbocycles. The smallest absolute Gasteiger partial charge is 0.140 e. The molecule has 0 saturated heterocycles. The Morgan fingerprint density at radius 2 is 2.33 bits per heavy atom. The maximum absolute atomic E-state index is 12.9. The van der Waals surface area contributed by atoms with Gasteiger partial charge in [-0.2, -0.15) is 0 Å². The van der Waals surface area contributed by atoms with Crippen molar-refractivity contribution < 1.29 is 9.60 Å². The van der Waals surface area contributed by atoms with Gasteiger partial charge in [0, 0.05) is 18.7 Å². The van der Waals surface area contributed by atoms with Gasteiger partial charge in [-0.25, -0.2) is 4.39 Å². The van der Waals surface area contributed by atoms with Gasteiger partial charge in [-0.1, -0.05) is 5.16 Å². The van der Waals surface area contributed by atoms with E-state index in [0.717, 1.165) is 5.69 Å². The van der Waals surface area contributed by atoms with Crippen LogP contribution in [-0.4, -0.2) is 17.6 Å². The number of benzene rings is 1. The molecule has 15 heavy (non-hydrogen) atoms. The highest BCUT2D eigenvalue weighted by Gasteiger charge is 2.00. The number of halogens is 2. The molecule has 0 bridgehead atoms. The molecule has 82 valence electrons. The SMILES string of the molecule is N/C(CCNc1ccc(F)c(Br)c1)=N/O. The van der Waals surface area contributed by atoms with Gasteiger partial charge in [0.15, 0.2) is 0 Å². The molecule has 0 unspecified atom stereocenters. The topological polar surface area (TPSA) is 70.6 Å². The van der Waals surface area contributed by atoms with Crippen LogP contribution >= 0.6 is 15.9 Å². The predicted molar refractivity (Wildman–Crippen MR) is 60.6 cm³/mol. The first-order valence-electron chi connectivity index (χ1n) is 4.29. The summed E-state index contributed by atoms with van der Waals surface area (Å²) < 4.78 is 13.3. The van der Waals surface area contributed by atoms with Crippen LogP contribution in [0.1, 0.15) is 6.42 Å². The van der Waals surface area contributed by atoms with Crippen LogP contribution in [0.25, 0.3) is 0 Å². The van der Waals surface area contributed by atoms with Crippen molar-refractivity contribution in [3.05, 3.63) is 28.5 Å². The normalized spacial score (nSPS) is 11.5. The van der Waals surface area contributed by atoms with Crippen LogP contribution in [-0.2, 0) is 0 Å². The number of oxime groups is 1. The Morgan fingerprint density at radius 3 is 2.93 bits per heavy atom. The molecule has 4 nitrogen and oxygen atoms in total. The number of nitrogens with one attached hydrogen (secondary N) is 1. The van der Waals surface area contributed by atoms with E-state index in [1.165, 1.54) is 6.07 Å². The Hall–Kier alpha value is -1.30. The minimum Gasteiger partial charge on any atom is -0.409 e. The summed E-state index contributed by atoms with van der Waals surface area (Å²) in [5.74, 6) is -0.152. The van der Waals surface area contributed by atoms with Gasteiger partial charge in [-0.05, 0) is 34.1 Å². The maximum atomic E-state index is 12.9. The van der Waals surface area contributed by atoms with E-state index >= 15 is 0 Å². The van der Waals surface area contributed by atoms with Crippen molar-refractivity contribution in [1.82, 2.24) is 0 Å². The zero-order valence-electron chi connectivity index (χ0n) is 7.87. The summed E-state index contributed by atoms with van der Waals surface area (Å²) in [6.45, 7) is 0.522. The Bertz CT molecular complexity index is 370. The summed E-state index contributed by atoms with van der Waals surface area (Å²) in [6.07, 6.45) is 0.422. The van der Waals surface area contributed by atoms with E-state index in [9.17, 15) is 4.39 Å². The molecule has 0 atom stereocenters.